The van der Waals surface area contributed by atoms with Gasteiger partial charge in [-0.2, -0.15) is 5.10 Å². The molecule has 4 aromatic rings. The van der Waals surface area contributed by atoms with Crippen molar-refractivity contribution in [2.75, 3.05) is 17.7 Å². The minimum absolute atomic E-state index is 0.0190. The predicted molar refractivity (Wildman–Crippen MR) is 119 cm³/mol. The summed E-state index contributed by atoms with van der Waals surface area (Å²) in [7, 11) is 1.34. The van der Waals surface area contributed by atoms with E-state index in [9.17, 15) is 18.4 Å². The molecule has 2 atom stereocenters. The van der Waals surface area contributed by atoms with Gasteiger partial charge in [0.1, 0.15) is 29.0 Å². The molecule has 0 fully saturated rings. The smallest absolute Gasteiger partial charge is 0.263 e. The number of hydrogen-bond donors (Lipinski definition) is 2. The number of rotatable bonds is 4. The van der Waals surface area contributed by atoms with E-state index in [4.69, 9.17) is 4.74 Å². The van der Waals surface area contributed by atoms with Crippen molar-refractivity contribution in [3.63, 3.8) is 0 Å². The molecule has 0 aliphatic carbocycles. The summed E-state index contributed by atoms with van der Waals surface area (Å²) in [4.78, 5) is 38.6. The highest BCUT2D eigenvalue weighted by Gasteiger charge is 2.59. The zero-order chi connectivity index (χ0) is 24.5. The SMILES string of the molecule is CO[C@@]12C(=O)Nc3nc(-c4nn(Cc5ccccc5F)c5ncc(F)cc45)nc(c31)NC(=O)[C@@H]2C. The average Bonchev–Trinajstić information content (AvgIpc) is 3.34. The first-order valence-corrected chi connectivity index (χ1v) is 10.7. The largest absolute Gasteiger partial charge is 0.363 e. The summed E-state index contributed by atoms with van der Waals surface area (Å²) in [5.41, 5.74) is -0.446. The molecule has 0 unspecified atom stereocenters. The zero-order valence-electron chi connectivity index (χ0n) is 18.5. The minimum atomic E-state index is -1.56. The fourth-order valence-corrected chi connectivity index (χ4v) is 4.70. The van der Waals surface area contributed by atoms with Crippen molar-refractivity contribution in [1.29, 1.82) is 0 Å². The molecule has 12 heteroatoms. The van der Waals surface area contributed by atoms with Gasteiger partial charge in [0, 0.05) is 12.7 Å². The van der Waals surface area contributed by atoms with E-state index in [-0.39, 0.29) is 40.7 Å². The first-order chi connectivity index (χ1) is 16.8. The number of nitrogens with zero attached hydrogens (tertiary/aromatic N) is 5. The number of methoxy groups -OCH3 is 1. The van der Waals surface area contributed by atoms with Crippen LogP contribution < -0.4 is 10.6 Å². The molecule has 35 heavy (non-hydrogen) atoms. The lowest BCUT2D eigenvalue weighted by molar-refractivity contribution is -0.151. The van der Waals surface area contributed by atoms with Crippen LogP contribution in [-0.4, -0.2) is 43.7 Å². The van der Waals surface area contributed by atoms with E-state index in [0.29, 0.717) is 11.1 Å². The van der Waals surface area contributed by atoms with Crippen molar-refractivity contribution in [1.82, 2.24) is 24.7 Å². The Morgan fingerprint density at radius 2 is 1.89 bits per heavy atom. The summed E-state index contributed by atoms with van der Waals surface area (Å²) in [5, 5.41) is 10.1. The second-order valence-corrected chi connectivity index (χ2v) is 8.35. The van der Waals surface area contributed by atoms with Crippen molar-refractivity contribution in [3.05, 3.63) is 59.3 Å². The highest BCUT2D eigenvalue weighted by molar-refractivity contribution is 6.13. The van der Waals surface area contributed by atoms with Crippen LogP contribution in [0.15, 0.2) is 36.5 Å². The Labute approximate surface area is 196 Å². The van der Waals surface area contributed by atoms with Gasteiger partial charge >= 0.3 is 0 Å². The topological polar surface area (TPSA) is 124 Å². The minimum Gasteiger partial charge on any atom is -0.363 e. The third-order valence-electron chi connectivity index (χ3n) is 6.46. The van der Waals surface area contributed by atoms with E-state index < -0.39 is 35.0 Å². The van der Waals surface area contributed by atoms with Crippen molar-refractivity contribution in [2.24, 2.45) is 5.92 Å². The Bertz CT molecular complexity index is 1570. The number of aromatic nitrogens is 5. The molecule has 10 nitrogen and oxygen atoms in total. The lowest BCUT2D eigenvalue weighted by Crippen LogP contribution is -2.50. The van der Waals surface area contributed by atoms with Crippen LogP contribution in [0.4, 0.5) is 20.4 Å². The fourth-order valence-electron chi connectivity index (χ4n) is 4.70. The van der Waals surface area contributed by atoms with Gasteiger partial charge in [-0.25, -0.2) is 28.4 Å². The Kier molecular flexibility index (Phi) is 4.45. The van der Waals surface area contributed by atoms with Crippen molar-refractivity contribution in [2.45, 2.75) is 19.1 Å². The molecular formula is C23H17F2N7O3. The predicted octanol–water partition coefficient (Wildman–Crippen LogP) is 2.60. The van der Waals surface area contributed by atoms with Gasteiger partial charge in [-0.3, -0.25) is 9.59 Å². The Hall–Kier alpha value is -4.32. The van der Waals surface area contributed by atoms with Crippen molar-refractivity contribution >= 4 is 34.5 Å². The van der Waals surface area contributed by atoms with Crippen molar-refractivity contribution in [3.8, 4) is 11.5 Å². The molecule has 176 valence electrons. The third-order valence-corrected chi connectivity index (χ3v) is 6.46. The molecule has 2 N–H and O–H groups in total. The Morgan fingerprint density at radius 3 is 2.63 bits per heavy atom. The number of nitrogens with one attached hydrogen (secondary N) is 2. The van der Waals surface area contributed by atoms with Crippen molar-refractivity contribution < 1.29 is 23.1 Å². The third kappa shape index (κ3) is 2.89. The molecular weight excluding hydrogens is 460 g/mol. The van der Waals surface area contributed by atoms with Crippen LogP contribution in [0.5, 0.6) is 0 Å². The van der Waals surface area contributed by atoms with Crippen LogP contribution in [0.1, 0.15) is 18.1 Å². The number of benzene rings is 1. The molecule has 0 spiro atoms. The molecule has 1 aromatic carbocycles. The molecule has 2 amide bonds. The summed E-state index contributed by atoms with van der Waals surface area (Å²) in [6.07, 6.45) is 1.04. The zero-order valence-corrected chi connectivity index (χ0v) is 18.5. The first-order valence-electron chi connectivity index (χ1n) is 10.7. The number of anilines is 2. The highest BCUT2D eigenvalue weighted by Crippen LogP contribution is 2.49. The van der Waals surface area contributed by atoms with Gasteiger partial charge in [-0.1, -0.05) is 18.2 Å². The molecule has 3 aromatic heterocycles. The Balaban J connectivity index is 1.55. The number of fused-ring (bicyclic) bond motifs is 1. The van der Waals surface area contributed by atoms with E-state index in [1.807, 2.05) is 0 Å². The summed E-state index contributed by atoms with van der Waals surface area (Å²) < 4.78 is 35.4. The van der Waals surface area contributed by atoms with Gasteiger partial charge in [0.25, 0.3) is 5.91 Å². The van der Waals surface area contributed by atoms with E-state index >= 15 is 0 Å². The maximum atomic E-state index is 14.3. The van der Waals surface area contributed by atoms with Gasteiger partial charge in [0.2, 0.25) is 5.91 Å². The molecule has 2 aliphatic rings. The number of carbonyl (C=O) groups is 2. The molecule has 5 heterocycles. The number of pyridine rings is 1. The van der Waals surface area contributed by atoms with Gasteiger partial charge in [-0.05, 0) is 19.1 Å². The second kappa shape index (κ2) is 7.34. The van der Waals surface area contributed by atoms with Gasteiger partial charge in [-0.15, -0.1) is 0 Å². The quantitative estimate of drug-likeness (QED) is 0.463. The lowest BCUT2D eigenvalue weighted by atomic mass is 9.80. The molecule has 0 bridgehead atoms. The van der Waals surface area contributed by atoms with Gasteiger partial charge < -0.3 is 15.4 Å². The van der Waals surface area contributed by atoms with E-state index in [0.717, 1.165) is 6.20 Å². The second-order valence-electron chi connectivity index (χ2n) is 8.35. The number of ether oxygens (including phenoxy) is 1. The van der Waals surface area contributed by atoms with Crippen LogP contribution >= 0.6 is 0 Å². The van der Waals surface area contributed by atoms with E-state index in [1.165, 1.54) is 23.9 Å². The molecule has 2 aliphatic heterocycles. The summed E-state index contributed by atoms with van der Waals surface area (Å²) in [5.74, 6) is -2.57. The average molecular weight is 477 g/mol. The summed E-state index contributed by atoms with van der Waals surface area (Å²) in [6, 6.07) is 7.44. The normalized spacial score (nSPS) is 20.6. The van der Waals surface area contributed by atoms with Crippen LogP contribution in [-0.2, 0) is 26.5 Å². The van der Waals surface area contributed by atoms with Crippen LogP contribution in [0.25, 0.3) is 22.6 Å². The van der Waals surface area contributed by atoms with E-state index in [2.05, 4.69) is 30.7 Å². The maximum absolute atomic E-state index is 14.3. The van der Waals surface area contributed by atoms with Gasteiger partial charge in [0.05, 0.1) is 29.6 Å². The molecule has 0 saturated heterocycles. The van der Waals surface area contributed by atoms with Gasteiger partial charge in [0.15, 0.2) is 17.1 Å². The van der Waals surface area contributed by atoms with Crippen LogP contribution in [0, 0.1) is 17.6 Å². The lowest BCUT2D eigenvalue weighted by Gasteiger charge is -2.35. The number of amides is 2. The fraction of sp³-hybridized carbons (Fsp3) is 0.217. The highest BCUT2D eigenvalue weighted by atomic mass is 19.1. The summed E-state index contributed by atoms with van der Waals surface area (Å²) in [6.45, 7) is 1.61. The monoisotopic (exact) mass is 477 g/mol. The number of hydrogen-bond acceptors (Lipinski definition) is 7. The summed E-state index contributed by atoms with van der Waals surface area (Å²) >= 11 is 0. The molecule has 6 rings (SSSR count). The van der Waals surface area contributed by atoms with Crippen LogP contribution in [0.3, 0.4) is 0 Å². The molecule has 0 radical (unpaired) electrons. The number of carbonyl (C=O) groups excluding carboxylic acids is 2. The van der Waals surface area contributed by atoms with E-state index in [1.54, 1.807) is 25.1 Å². The van der Waals surface area contributed by atoms with Crippen LogP contribution in [0.2, 0.25) is 0 Å². The first kappa shape index (κ1) is 21.2. The maximum Gasteiger partial charge on any atom is 0.263 e. The number of halogens is 2. The standard InChI is InChI=1S/C23H17F2N7O3/c1-10-21(33)29-17-15-18(30-22(34)23(10,15)35-2)28-19(27-17)16-13-7-12(24)8-26-20(13)32(31-16)9-11-5-3-4-6-14(11)25/h3-8,10H,9H2,1-2H3,(H2,27,28,29,30,33,34)/t10-,23+/m0/s1. The Morgan fingerprint density at radius 1 is 1.14 bits per heavy atom. The molecule has 0 saturated carbocycles.